The fourth-order valence-electron chi connectivity index (χ4n) is 2.34. The lowest BCUT2D eigenvalue weighted by Gasteiger charge is -2.32. The number of hydrogen-bond donors (Lipinski definition) is 0. The van der Waals surface area contributed by atoms with Gasteiger partial charge in [-0.2, -0.15) is 9.36 Å². The minimum atomic E-state index is -0.0649. The molecule has 0 spiro atoms. The number of rotatable bonds is 3. The molecule has 0 aromatic carbocycles. The zero-order valence-corrected chi connectivity index (χ0v) is 12.0. The summed E-state index contributed by atoms with van der Waals surface area (Å²) >= 11 is 1.45. The quantitative estimate of drug-likeness (QED) is 0.852. The van der Waals surface area contributed by atoms with Crippen molar-refractivity contribution < 1.29 is 9.26 Å². The summed E-state index contributed by atoms with van der Waals surface area (Å²) in [5.74, 6) is 2.79. The molecular formula is C12H15N5O2S. The van der Waals surface area contributed by atoms with Crippen LogP contribution in [0, 0.1) is 6.92 Å². The summed E-state index contributed by atoms with van der Waals surface area (Å²) in [4.78, 5) is 11.2. The summed E-state index contributed by atoms with van der Waals surface area (Å²) in [6.07, 6.45) is 2.43. The van der Waals surface area contributed by atoms with Crippen LogP contribution in [-0.2, 0) is 4.74 Å². The molecule has 0 amide bonds. The molecule has 0 radical (unpaired) electrons. The molecule has 2 aliphatic rings. The molecular weight excluding hydrogens is 278 g/mol. The molecule has 1 saturated carbocycles. The lowest BCUT2D eigenvalue weighted by Crippen LogP contribution is -2.39. The Morgan fingerprint density at radius 2 is 2.20 bits per heavy atom. The number of aryl methyl sites for hydroxylation is 1. The van der Waals surface area contributed by atoms with E-state index in [1.807, 2.05) is 6.92 Å². The van der Waals surface area contributed by atoms with Crippen LogP contribution in [0.5, 0.6) is 0 Å². The van der Waals surface area contributed by atoms with Crippen molar-refractivity contribution >= 4 is 16.7 Å². The maximum absolute atomic E-state index is 5.55. The van der Waals surface area contributed by atoms with Crippen molar-refractivity contribution in [2.24, 2.45) is 0 Å². The number of aromatic nitrogens is 4. The second-order valence-corrected chi connectivity index (χ2v) is 5.90. The van der Waals surface area contributed by atoms with Gasteiger partial charge in [0.25, 0.3) is 5.89 Å². The topological polar surface area (TPSA) is 77.2 Å². The number of hydrogen-bond acceptors (Lipinski definition) is 8. The molecule has 106 valence electrons. The molecule has 20 heavy (non-hydrogen) atoms. The van der Waals surface area contributed by atoms with E-state index < -0.39 is 0 Å². The summed E-state index contributed by atoms with van der Waals surface area (Å²) in [5.41, 5.74) is 0. The molecule has 1 saturated heterocycles. The van der Waals surface area contributed by atoms with Crippen LogP contribution in [0.4, 0.5) is 5.13 Å². The smallest absolute Gasteiger partial charge is 0.251 e. The van der Waals surface area contributed by atoms with Gasteiger partial charge in [0.05, 0.1) is 13.2 Å². The molecule has 0 N–H and O–H groups in total. The highest BCUT2D eigenvalue weighted by Crippen LogP contribution is 2.40. The third-order valence-electron chi connectivity index (χ3n) is 3.58. The van der Waals surface area contributed by atoms with Gasteiger partial charge in [-0.15, -0.1) is 0 Å². The summed E-state index contributed by atoms with van der Waals surface area (Å²) in [5, 5.41) is 4.79. The van der Waals surface area contributed by atoms with Crippen LogP contribution in [0.3, 0.4) is 0 Å². The summed E-state index contributed by atoms with van der Waals surface area (Å²) in [6.45, 7) is 3.81. The molecule has 1 aliphatic carbocycles. The van der Waals surface area contributed by atoms with Crippen molar-refractivity contribution in [1.82, 2.24) is 19.5 Å². The summed E-state index contributed by atoms with van der Waals surface area (Å²) < 4.78 is 15.3. The van der Waals surface area contributed by atoms with Crippen molar-refractivity contribution in [3.8, 4) is 0 Å². The van der Waals surface area contributed by atoms with Crippen LogP contribution in [-0.4, -0.2) is 39.3 Å². The fourth-order valence-corrected chi connectivity index (χ4v) is 3.16. The minimum absolute atomic E-state index is 0.0649. The number of anilines is 1. The normalized spacial score (nSPS) is 23.2. The van der Waals surface area contributed by atoms with E-state index in [1.165, 1.54) is 24.4 Å². The molecule has 4 rings (SSSR count). The molecule has 2 fully saturated rings. The predicted octanol–water partition coefficient (Wildman–Crippen LogP) is 1.68. The first kappa shape index (κ1) is 12.2. The first-order valence-electron chi connectivity index (χ1n) is 6.79. The van der Waals surface area contributed by atoms with E-state index in [1.54, 1.807) is 0 Å². The number of morpholine rings is 1. The number of ether oxygens (including phenoxy) is 1. The highest BCUT2D eigenvalue weighted by atomic mass is 32.1. The van der Waals surface area contributed by atoms with Crippen molar-refractivity contribution in [3.63, 3.8) is 0 Å². The van der Waals surface area contributed by atoms with Gasteiger partial charge in [0, 0.05) is 24.0 Å². The Bertz CT molecular complexity index is 609. The molecule has 0 unspecified atom stereocenters. The molecule has 0 bridgehead atoms. The van der Waals surface area contributed by atoms with Crippen molar-refractivity contribution in [2.75, 3.05) is 24.7 Å². The SMILES string of the molecule is Cc1noc([C@@H]2COCCN2c2nc(C3CC3)ns2)n1. The van der Waals surface area contributed by atoms with Gasteiger partial charge in [-0.1, -0.05) is 5.16 Å². The van der Waals surface area contributed by atoms with E-state index in [9.17, 15) is 0 Å². The molecule has 2 aromatic heterocycles. The lowest BCUT2D eigenvalue weighted by molar-refractivity contribution is 0.0838. The monoisotopic (exact) mass is 293 g/mol. The van der Waals surface area contributed by atoms with Crippen LogP contribution in [0.25, 0.3) is 0 Å². The average molecular weight is 293 g/mol. The van der Waals surface area contributed by atoms with Gasteiger partial charge >= 0.3 is 0 Å². The van der Waals surface area contributed by atoms with Crippen molar-refractivity contribution in [2.45, 2.75) is 31.7 Å². The minimum Gasteiger partial charge on any atom is -0.377 e. The van der Waals surface area contributed by atoms with E-state index in [4.69, 9.17) is 9.26 Å². The lowest BCUT2D eigenvalue weighted by atomic mass is 10.2. The van der Waals surface area contributed by atoms with E-state index in [-0.39, 0.29) is 6.04 Å². The van der Waals surface area contributed by atoms with Crippen molar-refractivity contribution in [3.05, 3.63) is 17.5 Å². The van der Waals surface area contributed by atoms with Crippen LogP contribution in [0.2, 0.25) is 0 Å². The van der Waals surface area contributed by atoms with Gasteiger partial charge in [-0.3, -0.25) is 0 Å². The van der Waals surface area contributed by atoms with Gasteiger partial charge in [0.2, 0.25) is 5.13 Å². The second-order valence-electron chi connectivity index (χ2n) is 5.17. The Morgan fingerprint density at radius 3 is 2.95 bits per heavy atom. The third kappa shape index (κ3) is 2.18. The Balaban J connectivity index is 1.62. The Labute approximate surface area is 120 Å². The molecule has 7 nitrogen and oxygen atoms in total. The van der Waals surface area contributed by atoms with E-state index >= 15 is 0 Å². The fraction of sp³-hybridized carbons (Fsp3) is 0.667. The number of nitrogens with zero attached hydrogens (tertiary/aromatic N) is 5. The predicted molar refractivity (Wildman–Crippen MR) is 71.8 cm³/mol. The van der Waals surface area contributed by atoms with Crippen LogP contribution in [0.15, 0.2) is 4.52 Å². The molecule has 2 aromatic rings. The molecule has 1 atom stereocenters. The van der Waals surface area contributed by atoms with Crippen LogP contribution in [0.1, 0.15) is 42.3 Å². The molecule has 1 aliphatic heterocycles. The van der Waals surface area contributed by atoms with Crippen LogP contribution >= 0.6 is 11.5 Å². The average Bonchev–Trinajstić information content (AvgIpc) is 3.04. The third-order valence-corrected chi connectivity index (χ3v) is 4.34. The zero-order chi connectivity index (χ0) is 13.5. The van der Waals surface area contributed by atoms with Gasteiger partial charge in [0.1, 0.15) is 11.9 Å². The first-order valence-corrected chi connectivity index (χ1v) is 7.57. The zero-order valence-electron chi connectivity index (χ0n) is 11.2. The van der Waals surface area contributed by atoms with E-state index in [2.05, 4.69) is 24.4 Å². The largest absolute Gasteiger partial charge is 0.377 e. The van der Waals surface area contributed by atoms with Gasteiger partial charge < -0.3 is 14.2 Å². The van der Waals surface area contributed by atoms with E-state index in [0.29, 0.717) is 30.8 Å². The second kappa shape index (κ2) is 4.78. The van der Waals surface area contributed by atoms with Gasteiger partial charge in [-0.05, 0) is 19.8 Å². The highest BCUT2D eigenvalue weighted by Gasteiger charge is 2.33. The Kier molecular flexibility index (Phi) is 2.92. The maximum Gasteiger partial charge on any atom is 0.251 e. The van der Waals surface area contributed by atoms with Crippen molar-refractivity contribution in [1.29, 1.82) is 0 Å². The van der Waals surface area contributed by atoms with Gasteiger partial charge in [-0.25, -0.2) is 4.98 Å². The Morgan fingerprint density at radius 1 is 1.30 bits per heavy atom. The van der Waals surface area contributed by atoms with E-state index in [0.717, 1.165) is 17.5 Å². The standard InChI is InChI=1S/C12H15N5O2S/c1-7-13-11(19-15-7)9-6-18-5-4-17(9)12-14-10(16-20-12)8-2-3-8/h8-9H,2-6H2,1H3/t9-/m0/s1. The molecule has 8 heteroatoms. The Hall–Kier alpha value is -1.54. The summed E-state index contributed by atoms with van der Waals surface area (Å²) in [6, 6.07) is -0.0649. The maximum atomic E-state index is 5.55. The van der Waals surface area contributed by atoms with Gasteiger partial charge in [0.15, 0.2) is 5.82 Å². The van der Waals surface area contributed by atoms with Crippen LogP contribution < -0.4 is 4.90 Å². The first-order chi connectivity index (χ1) is 9.81. The summed E-state index contributed by atoms with van der Waals surface area (Å²) in [7, 11) is 0. The molecule has 3 heterocycles. The highest BCUT2D eigenvalue weighted by molar-refractivity contribution is 7.09.